The molecule has 0 aromatic rings. The molecule has 1 atom stereocenters. The molecule has 0 aromatic heterocycles. The number of primary amides is 1. The van der Waals surface area contributed by atoms with Crippen molar-refractivity contribution in [3.63, 3.8) is 0 Å². The zero-order valence-electron chi connectivity index (χ0n) is 8.87. The van der Waals surface area contributed by atoms with Gasteiger partial charge in [0.2, 0.25) is 0 Å². The summed E-state index contributed by atoms with van der Waals surface area (Å²) in [5.41, 5.74) is 9.34. The van der Waals surface area contributed by atoms with E-state index in [9.17, 15) is 4.79 Å². The number of nitrogens with zero attached hydrogens (tertiary/aromatic N) is 1. The van der Waals surface area contributed by atoms with Crippen LogP contribution in [0.15, 0.2) is 16.8 Å². The second-order valence-corrected chi connectivity index (χ2v) is 3.95. The fourth-order valence-corrected chi connectivity index (χ4v) is 1.69. The number of allylic oxidation sites excluding steroid dienone is 2. The Labute approximate surface area is 84.2 Å². The van der Waals surface area contributed by atoms with Gasteiger partial charge in [-0.2, -0.15) is 5.10 Å². The van der Waals surface area contributed by atoms with Crippen molar-refractivity contribution in [3.8, 4) is 0 Å². The SMILES string of the molecule is CC1=CCC(C(C)C)/C1=N/NC(N)=O. The smallest absolute Gasteiger partial charge is 0.332 e. The maximum Gasteiger partial charge on any atom is 0.332 e. The molecule has 3 N–H and O–H groups in total. The van der Waals surface area contributed by atoms with Crippen LogP contribution >= 0.6 is 0 Å². The summed E-state index contributed by atoms with van der Waals surface area (Å²) in [6.45, 7) is 6.30. The summed E-state index contributed by atoms with van der Waals surface area (Å²) in [7, 11) is 0. The molecule has 0 aliphatic heterocycles. The molecule has 14 heavy (non-hydrogen) atoms. The van der Waals surface area contributed by atoms with Crippen LogP contribution in [-0.2, 0) is 0 Å². The minimum atomic E-state index is -0.611. The average Bonchev–Trinajstić information content (AvgIpc) is 2.43. The van der Waals surface area contributed by atoms with Crippen molar-refractivity contribution in [1.82, 2.24) is 5.43 Å². The van der Waals surface area contributed by atoms with Crippen LogP contribution in [0.25, 0.3) is 0 Å². The monoisotopic (exact) mass is 195 g/mol. The molecule has 2 amide bonds. The van der Waals surface area contributed by atoms with Gasteiger partial charge in [-0.1, -0.05) is 19.9 Å². The summed E-state index contributed by atoms with van der Waals surface area (Å²) in [4.78, 5) is 10.5. The quantitative estimate of drug-likeness (QED) is 0.646. The largest absolute Gasteiger partial charge is 0.350 e. The van der Waals surface area contributed by atoms with E-state index in [-0.39, 0.29) is 0 Å². The molecule has 0 saturated heterocycles. The third-order valence-electron chi connectivity index (χ3n) is 2.52. The first-order valence-corrected chi connectivity index (χ1v) is 4.82. The van der Waals surface area contributed by atoms with Crippen molar-refractivity contribution in [1.29, 1.82) is 0 Å². The van der Waals surface area contributed by atoms with Crippen molar-refractivity contribution in [3.05, 3.63) is 11.6 Å². The highest BCUT2D eigenvalue weighted by Crippen LogP contribution is 2.28. The topological polar surface area (TPSA) is 67.5 Å². The molecule has 0 heterocycles. The molecule has 0 radical (unpaired) electrons. The number of nitrogens with two attached hydrogens (primary N) is 1. The number of hydrogen-bond acceptors (Lipinski definition) is 2. The molecular formula is C10H17N3O. The molecule has 1 aliphatic carbocycles. The number of carbonyl (C=O) groups is 1. The van der Waals surface area contributed by atoms with E-state index in [0.717, 1.165) is 17.7 Å². The van der Waals surface area contributed by atoms with Gasteiger partial charge in [0, 0.05) is 5.92 Å². The Hall–Kier alpha value is -1.32. The Kier molecular flexibility index (Phi) is 3.28. The second-order valence-electron chi connectivity index (χ2n) is 3.95. The van der Waals surface area contributed by atoms with Crippen molar-refractivity contribution in [2.24, 2.45) is 22.7 Å². The lowest BCUT2D eigenvalue weighted by molar-refractivity contribution is 0.249. The fourth-order valence-electron chi connectivity index (χ4n) is 1.69. The van der Waals surface area contributed by atoms with Gasteiger partial charge in [0.15, 0.2) is 0 Å². The number of hydrogen-bond donors (Lipinski definition) is 2. The highest BCUT2D eigenvalue weighted by atomic mass is 16.2. The van der Waals surface area contributed by atoms with Crippen LogP contribution in [-0.4, -0.2) is 11.7 Å². The van der Waals surface area contributed by atoms with Crippen LogP contribution in [0.2, 0.25) is 0 Å². The first-order valence-electron chi connectivity index (χ1n) is 4.82. The zero-order chi connectivity index (χ0) is 10.7. The Morgan fingerprint density at radius 3 is 2.86 bits per heavy atom. The molecule has 78 valence electrons. The molecule has 0 spiro atoms. The summed E-state index contributed by atoms with van der Waals surface area (Å²) in [6.07, 6.45) is 3.15. The van der Waals surface area contributed by atoms with E-state index in [2.05, 4.69) is 30.5 Å². The number of rotatable bonds is 2. The van der Waals surface area contributed by atoms with Crippen molar-refractivity contribution < 1.29 is 4.79 Å². The minimum Gasteiger partial charge on any atom is -0.350 e. The van der Waals surface area contributed by atoms with Gasteiger partial charge in [-0.3, -0.25) is 0 Å². The number of carbonyl (C=O) groups excluding carboxylic acids is 1. The minimum absolute atomic E-state index is 0.404. The van der Waals surface area contributed by atoms with Gasteiger partial charge in [0.25, 0.3) is 0 Å². The van der Waals surface area contributed by atoms with Crippen LogP contribution in [0, 0.1) is 11.8 Å². The molecular weight excluding hydrogens is 178 g/mol. The molecule has 0 aromatic carbocycles. The third-order valence-corrected chi connectivity index (χ3v) is 2.52. The summed E-state index contributed by atoms with van der Waals surface area (Å²) >= 11 is 0. The van der Waals surface area contributed by atoms with Gasteiger partial charge >= 0.3 is 6.03 Å². The Morgan fingerprint density at radius 1 is 1.71 bits per heavy atom. The predicted octanol–water partition coefficient (Wildman–Crippen LogP) is 1.63. The lowest BCUT2D eigenvalue weighted by atomic mass is 9.91. The predicted molar refractivity (Wildman–Crippen MR) is 56.9 cm³/mol. The molecule has 0 bridgehead atoms. The third kappa shape index (κ3) is 2.34. The molecule has 1 unspecified atom stereocenters. The van der Waals surface area contributed by atoms with E-state index in [1.807, 2.05) is 6.92 Å². The molecule has 4 nitrogen and oxygen atoms in total. The van der Waals surface area contributed by atoms with Crippen molar-refractivity contribution >= 4 is 11.7 Å². The highest BCUT2D eigenvalue weighted by molar-refractivity contribution is 6.03. The van der Waals surface area contributed by atoms with Crippen LogP contribution in [0.1, 0.15) is 27.2 Å². The van der Waals surface area contributed by atoms with Crippen molar-refractivity contribution in [2.45, 2.75) is 27.2 Å². The Balaban J connectivity index is 2.76. The summed E-state index contributed by atoms with van der Waals surface area (Å²) < 4.78 is 0. The first-order chi connectivity index (χ1) is 6.52. The van der Waals surface area contributed by atoms with E-state index in [1.54, 1.807) is 0 Å². The van der Waals surface area contributed by atoms with Gasteiger partial charge in [0.1, 0.15) is 0 Å². The van der Waals surface area contributed by atoms with Crippen molar-refractivity contribution in [2.75, 3.05) is 0 Å². The van der Waals surface area contributed by atoms with Gasteiger partial charge in [0.05, 0.1) is 5.71 Å². The normalized spacial score (nSPS) is 24.1. The number of amides is 2. The van der Waals surface area contributed by atoms with Crippen LogP contribution in [0.3, 0.4) is 0 Å². The van der Waals surface area contributed by atoms with Crippen LogP contribution in [0.4, 0.5) is 4.79 Å². The second kappa shape index (κ2) is 4.26. The van der Waals surface area contributed by atoms with E-state index in [4.69, 9.17) is 5.73 Å². The molecule has 0 saturated carbocycles. The maximum atomic E-state index is 10.5. The van der Waals surface area contributed by atoms with E-state index < -0.39 is 6.03 Å². The van der Waals surface area contributed by atoms with Crippen LogP contribution < -0.4 is 11.2 Å². The molecule has 0 fully saturated rings. The standard InChI is InChI=1S/C10H17N3O/c1-6(2)8-5-4-7(3)9(8)12-13-10(11)14/h4,6,8H,5H2,1-3H3,(H3,11,13,14)/b12-9+. The Bertz CT molecular complexity index is 292. The Morgan fingerprint density at radius 2 is 2.36 bits per heavy atom. The van der Waals surface area contributed by atoms with Gasteiger partial charge in [-0.25, -0.2) is 10.2 Å². The zero-order valence-corrected chi connectivity index (χ0v) is 8.87. The maximum absolute atomic E-state index is 10.5. The van der Waals surface area contributed by atoms with Gasteiger partial charge in [-0.05, 0) is 24.8 Å². The summed E-state index contributed by atoms with van der Waals surface area (Å²) in [5, 5.41) is 4.03. The summed E-state index contributed by atoms with van der Waals surface area (Å²) in [6, 6.07) is -0.611. The number of nitrogens with one attached hydrogen (secondary N) is 1. The number of urea groups is 1. The van der Waals surface area contributed by atoms with E-state index in [0.29, 0.717) is 11.8 Å². The van der Waals surface area contributed by atoms with Gasteiger partial charge < -0.3 is 5.73 Å². The number of hydrazone groups is 1. The molecule has 1 rings (SSSR count). The fraction of sp³-hybridized carbons (Fsp3) is 0.600. The lowest BCUT2D eigenvalue weighted by Crippen LogP contribution is -2.28. The molecule has 1 aliphatic rings. The summed E-state index contributed by atoms with van der Waals surface area (Å²) in [5.74, 6) is 0.930. The highest BCUT2D eigenvalue weighted by Gasteiger charge is 2.25. The van der Waals surface area contributed by atoms with Crippen LogP contribution in [0.5, 0.6) is 0 Å². The lowest BCUT2D eigenvalue weighted by Gasteiger charge is -2.16. The van der Waals surface area contributed by atoms with Gasteiger partial charge in [-0.15, -0.1) is 0 Å². The van der Waals surface area contributed by atoms with E-state index >= 15 is 0 Å². The average molecular weight is 195 g/mol. The van der Waals surface area contributed by atoms with E-state index in [1.165, 1.54) is 0 Å². The first kappa shape index (κ1) is 10.8. The molecule has 4 heteroatoms.